The molecule has 9 heteroatoms. The van der Waals surface area contributed by atoms with E-state index in [1.54, 1.807) is 33.5 Å². The fourth-order valence-electron chi connectivity index (χ4n) is 5.49. The van der Waals surface area contributed by atoms with Crippen molar-refractivity contribution in [1.82, 2.24) is 9.21 Å². The quantitative estimate of drug-likeness (QED) is 0.619. The zero-order chi connectivity index (χ0) is 23.7. The third-order valence-corrected chi connectivity index (χ3v) is 9.48. The van der Waals surface area contributed by atoms with Crippen LogP contribution in [-0.2, 0) is 14.8 Å². The second-order valence-corrected chi connectivity index (χ2v) is 11.5. The third kappa shape index (κ3) is 4.63. The first kappa shape index (κ1) is 23.5. The van der Waals surface area contributed by atoms with Crippen LogP contribution in [0.5, 0.6) is 0 Å². The van der Waals surface area contributed by atoms with Crippen LogP contribution in [-0.4, -0.2) is 68.1 Å². The highest BCUT2D eigenvalue weighted by Crippen LogP contribution is 2.39. The summed E-state index contributed by atoms with van der Waals surface area (Å²) in [6, 6.07) is 16.1. The Morgan fingerprint density at radius 3 is 2.29 bits per heavy atom. The molecule has 2 aromatic carbocycles. The molecule has 0 aromatic heterocycles. The van der Waals surface area contributed by atoms with Gasteiger partial charge in [0.15, 0.2) is 0 Å². The number of hydrogen-bond acceptors (Lipinski definition) is 5. The number of hydrogen-bond donors (Lipinski definition) is 0. The number of amides is 1. The maximum absolute atomic E-state index is 13.5. The maximum atomic E-state index is 13.5. The minimum Gasteiger partial charge on any atom is -0.444 e. The molecule has 2 bridgehead atoms. The summed E-state index contributed by atoms with van der Waals surface area (Å²) >= 11 is 5.97. The van der Waals surface area contributed by atoms with Gasteiger partial charge in [0.2, 0.25) is 10.0 Å². The third-order valence-electron chi connectivity index (χ3n) is 7.24. The Hall–Kier alpha value is -2.29. The number of ether oxygens (including phenoxy) is 1. The lowest BCUT2D eigenvalue weighted by atomic mass is 9.85. The largest absolute Gasteiger partial charge is 0.444 e. The van der Waals surface area contributed by atoms with Gasteiger partial charge in [-0.15, -0.1) is 0 Å². The first-order valence-corrected chi connectivity index (χ1v) is 13.8. The summed E-state index contributed by atoms with van der Waals surface area (Å²) in [5.74, 6) is 0. The van der Waals surface area contributed by atoms with Crippen LogP contribution in [0.4, 0.5) is 10.5 Å². The van der Waals surface area contributed by atoms with Gasteiger partial charge in [-0.1, -0.05) is 36.2 Å². The lowest BCUT2D eigenvalue weighted by Crippen LogP contribution is -2.59. The van der Waals surface area contributed by atoms with Crippen molar-refractivity contribution in [3.63, 3.8) is 0 Å². The number of carbonyl (C=O) groups is 1. The number of nitrogens with zero attached hydrogens (tertiary/aromatic N) is 3. The number of carbonyl (C=O) groups excluding carboxylic acids is 1. The van der Waals surface area contributed by atoms with Gasteiger partial charge >= 0.3 is 6.09 Å². The molecule has 3 fully saturated rings. The Morgan fingerprint density at radius 2 is 1.59 bits per heavy atom. The topological polar surface area (TPSA) is 70.2 Å². The normalized spacial score (nSPS) is 25.7. The minimum atomic E-state index is -3.71. The van der Waals surface area contributed by atoms with Crippen molar-refractivity contribution >= 4 is 33.4 Å². The number of piperazine rings is 1. The van der Waals surface area contributed by atoms with Crippen LogP contribution in [0.1, 0.15) is 32.1 Å². The minimum absolute atomic E-state index is 0.0520. The lowest BCUT2D eigenvalue weighted by Gasteiger charge is -2.48. The Labute approximate surface area is 206 Å². The number of para-hydroxylation sites is 1. The molecule has 34 heavy (non-hydrogen) atoms. The SMILES string of the molecule is O=C(O[C@H]1CCC2CCCC1N2S(=O)(=O)c1ccc(Cl)cc1)N1CCN(c2ccccc2)CC1. The fourth-order valence-corrected chi connectivity index (χ4v) is 7.54. The number of rotatable bonds is 4. The molecule has 0 N–H and O–H groups in total. The zero-order valence-electron chi connectivity index (χ0n) is 19.1. The molecule has 0 radical (unpaired) electrons. The van der Waals surface area contributed by atoms with Gasteiger partial charge in [0.05, 0.1) is 10.9 Å². The van der Waals surface area contributed by atoms with Crippen LogP contribution in [0.25, 0.3) is 0 Å². The van der Waals surface area contributed by atoms with Gasteiger partial charge in [-0.05, 0) is 62.1 Å². The molecule has 0 saturated carbocycles. The summed E-state index contributed by atoms with van der Waals surface area (Å²) in [7, 11) is -3.71. The Morgan fingerprint density at radius 1 is 0.882 bits per heavy atom. The Kier molecular flexibility index (Phi) is 6.73. The molecule has 5 rings (SSSR count). The second kappa shape index (κ2) is 9.76. The van der Waals surface area contributed by atoms with Crippen molar-refractivity contribution in [3.8, 4) is 0 Å². The molecule has 3 heterocycles. The van der Waals surface area contributed by atoms with Crippen LogP contribution >= 0.6 is 11.6 Å². The number of sulfonamides is 1. The summed E-state index contributed by atoms with van der Waals surface area (Å²) in [5, 5.41) is 0.497. The fraction of sp³-hybridized carbons (Fsp3) is 0.480. The first-order valence-electron chi connectivity index (χ1n) is 12.0. The number of halogens is 1. The molecule has 2 unspecified atom stereocenters. The van der Waals surface area contributed by atoms with E-state index in [9.17, 15) is 13.2 Å². The molecule has 3 atom stereocenters. The summed E-state index contributed by atoms with van der Waals surface area (Å²) in [6.45, 7) is 2.65. The number of fused-ring (bicyclic) bond motifs is 2. The van der Waals surface area contributed by atoms with E-state index >= 15 is 0 Å². The van der Waals surface area contributed by atoms with E-state index in [4.69, 9.17) is 16.3 Å². The number of benzene rings is 2. The van der Waals surface area contributed by atoms with Crippen LogP contribution in [0.15, 0.2) is 59.5 Å². The van der Waals surface area contributed by atoms with Crippen molar-refractivity contribution in [3.05, 3.63) is 59.6 Å². The molecule has 3 saturated heterocycles. The monoisotopic (exact) mass is 503 g/mol. The van der Waals surface area contributed by atoms with Gasteiger partial charge in [-0.2, -0.15) is 4.31 Å². The summed E-state index contributed by atoms with van der Waals surface area (Å²) in [4.78, 5) is 17.3. The molecule has 7 nitrogen and oxygen atoms in total. The van der Waals surface area contributed by atoms with Crippen LogP contribution in [0.2, 0.25) is 5.02 Å². The van der Waals surface area contributed by atoms with Crippen LogP contribution < -0.4 is 4.90 Å². The predicted octanol–water partition coefficient (Wildman–Crippen LogP) is 4.37. The molecule has 2 aromatic rings. The number of anilines is 1. The van der Waals surface area contributed by atoms with Crippen molar-refractivity contribution in [2.24, 2.45) is 0 Å². The van der Waals surface area contributed by atoms with E-state index in [0.717, 1.165) is 31.6 Å². The average Bonchev–Trinajstić information content (AvgIpc) is 2.86. The van der Waals surface area contributed by atoms with E-state index in [0.29, 0.717) is 37.4 Å². The molecule has 3 aliphatic rings. The lowest BCUT2D eigenvalue weighted by molar-refractivity contribution is -0.0254. The summed E-state index contributed by atoms with van der Waals surface area (Å²) in [6.07, 6.45) is 3.09. The second-order valence-electron chi connectivity index (χ2n) is 9.25. The van der Waals surface area contributed by atoms with E-state index < -0.39 is 16.1 Å². The number of piperidine rings is 2. The van der Waals surface area contributed by atoms with Gasteiger partial charge in [0.25, 0.3) is 0 Å². The molecule has 0 aliphatic carbocycles. The maximum Gasteiger partial charge on any atom is 0.410 e. The Bertz CT molecular complexity index is 1100. The summed E-state index contributed by atoms with van der Waals surface area (Å²) < 4.78 is 34.7. The van der Waals surface area contributed by atoms with Gasteiger partial charge in [-0.25, -0.2) is 13.2 Å². The van der Waals surface area contributed by atoms with Crippen molar-refractivity contribution in [2.75, 3.05) is 31.1 Å². The highest BCUT2D eigenvalue weighted by atomic mass is 35.5. The zero-order valence-corrected chi connectivity index (χ0v) is 20.6. The van der Waals surface area contributed by atoms with E-state index in [1.807, 2.05) is 18.2 Å². The van der Waals surface area contributed by atoms with Crippen molar-refractivity contribution in [1.29, 1.82) is 0 Å². The predicted molar refractivity (Wildman–Crippen MR) is 132 cm³/mol. The molecule has 0 spiro atoms. The standard InChI is InChI=1S/C25H30ClN3O4S/c26-19-9-12-22(13-10-19)34(31,32)29-21-7-4-8-23(29)24(14-11-21)33-25(30)28-17-15-27(16-18-28)20-5-2-1-3-6-20/h1-3,5-6,9-10,12-13,21,23-24H,4,7-8,11,14-18H2/t21?,23?,24-/m0/s1. The molecular weight excluding hydrogens is 474 g/mol. The first-order chi connectivity index (χ1) is 16.4. The highest BCUT2D eigenvalue weighted by molar-refractivity contribution is 7.89. The van der Waals surface area contributed by atoms with E-state index in [2.05, 4.69) is 17.0 Å². The van der Waals surface area contributed by atoms with Gasteiger partial charge in [0.1, 0.15) is 6.10 Å². The van der Waals surface area contributed by atoms with Gasteiger partial charge in [-0.3, -0.25) is 0 Å². The smallest absolute Gasteiger partial charge is 0.410 e. The van der Waals surface area contributed by atoms with Crippen LogP contribution in [0.3, 0.4) is 0 Å². The van der Waals surface area contributed by atoms with E-state index in [-0.39, 0.29) is 23.1 Å². The Balaban J connectivity index is 1.26. The average molecular weight is 504 g/mol. The molecule has 182 valence electrons. The molecule has 1 amide bonds. The highest BCUT2D eigenvalue weighted by Gasteiger charge is 2.48. The molecular formula is C25H30ClN3O4S. The van der Waals surface area contributed by atoms with Crippen molar-refractivity contribution < 1.29 is 17.9 Å². The van der Waals surface area contributed by atoms with Crippen LogP contribution in [0, 0.1) is 0 Å². The van der Waals surface area contributed by atoms with E-state index in [1.165, 1.54) is 0 Å². The van der Waals surface area contributed by atoms with Gasteiger partial charge < -0.3 is 14.5 Å². The van der Waals surface area contributed by atoms with Crippen molar-refractivity contribution in [2.45, 2.75) is 55.2 Å². The summed E-state index contributed by atoms with van der Waals surface area (Å²) in [5.41, 5.74) is 1.15. The van der Waals surface area contributed by atoms with Gasteiger partial charge in [0, 0.05) is 42.9 Å². The molecule has 3 aliphatic heterocycles.